The summed E-state index contributed by atoms with van der Waals surface area (Å²) in [7, 11) is 2.87. The van der Waals surface area contributed by atoms with E-state index in [1.54, 1.807) is 0 Å². The predicted octanol–water partition coefficient (Wildman–Crippen LogP) is 3.10. The van der Waals surface area contributed by atoms with Crippen molar-refractivity contribution in [3.63, 3.8) is 0 Å². The quantitative estimate of drug-likeness (QED) is 0.893. The summed E-state index contributed by atoms with van der Waals surface area (Å²) < 4.78 is 24.5. The number of rotatable bonds is 5. The molecule has 0 saturated heterocycles. The fourth-order valence-electron chi connectivity index (χ4n) is 1.86. The first-order valence-electron chi connectivity index (χ1n) is 5.90. The largest absolute Gasteiger partial charge is 0.496 e. The molecule has 4 nitrogen and oxygen atoms in total. The standard InChI is InChI=1S/C14H19FO4/c1-8(13(16)17)9-6-10(14(2,3)15)12(19-5)7-11(9)18-4/h6-8H,1-5H3,(H,16,17). The summed E-state index contributed by atoms with van der Waals surface area (Å²) in [5.74, 6) is -1.07. The van der Waals surface area contributed by atoms with Crippen LogP contribution in [0.25, 0.3) is 0 Å². The van der Waals surface area contributed by atoms with Gasteiger partial charge in [-0.25, -0.2) is 4.39 Å². The molecule has 1 rings (SSSR count). The maximum atomic E-state index is 14.2. The molecule has 5 heteroatoms. The van der Waals surface area contributed by atoms with Crippen molar-refractivity contribution in [2.45, 2.75) is 32.4 Å². The van der Waals surface area contributed by atoms with Crippen LogP contribution in [0.5, 0.6) is 11.5 Å². The van der Waals surface area contributed by atoms with Gasteiger partial charge >= 0.3 is 5.97 Å². The lowest BCUT2D eigenvalue weighted by atomic mass is 9.91. The Morgan fingerprint density at radius 3 is 2.16 bits per heavy atom. The number of hydrogen-bond donors (Lipinski definition) is 1. The summed E-state index contributed by atoms with van der Waals surface area (Å²) in [6.45, 7) is 4.32. The van der Waals surface area contributed by atoms with Crippen LogP contribution in [-0.2, 0) is 10.5 Å². The van der Waals surface area contributed by atoms with Gasteiger partial charge in [0.05, 0.1) is 20.1 Å². The highest BCUT2D eigenvalue weighted by atomic mass is 19.1. The van der Waals surface area contributed by atoms with Gasteiger partial charge in [-0.2, -0.15) is 0 Å². The van der Waals surface area contributed by atoms with Gasteiger partial charge in [0.15, 0.2) is 0 Å². The molecule has 19 heavy (non-hydrogen) atoms. The summed E-state index contributed by atoms with van der Waals surface area (Å²) in [6, 6.07) is 3.02. The second-order valence-corrected chi connectivity index (χ2v) is 4.83. The van der Waals surface area contributed by atoms with Gasteiger partial charge in [-0.3, -0.25) is 4.79 Å². The Labute approximate surface area is 112 Å². The normalized spacial score (nSPS) is 12.9. The monoisotopic (exact) mass is 270 g/mol. The lowest BCUT2D eigenvalue weighted by molar-refractivity contribution is -0.138. The van der Waals surface area contributed by atoms with Crippen molar-refractivity contribution in [3.05, 3.63) is 23.3 Å². The highest BCUT2D eigenvalue weighted by molar-refractivity contribution is 5.77. The molecule has 0 heterocycles. The number of halogens is 1. The topological polar surface area (TPSA) is 55.8 Å². The molecule has 0 radical (unpaired) electrons. The van der Waals surface area contributed by atoms with Crippen molar-refractivity contribution >= 4 is 5.97 Å². The zero-order valence-electron chi connectivity index (χ0n) is 11.8. The maximum absolute atomic E-state index is 14.2. The van der Waals surface area contributed by atoms with Gasteiger partial charge in [-0.05, 0) is 26.8 Å². The Kier molecular flexibility index (Phi) is 4.39. The smallest absolute Gasteiger partial charge is 0.310 e. The zero-order chi connectivity index (χ0) is 14.8. The number of carbonyl (C=O) groups is 1. The molecule has 0 aliphatic heterocycles. The van der Waals surface area contributed by atoms with Crippen LogP contribution in [0.4, 0.5) is 4.39 Å². The molecule has 1 unspecified atom stereocenters. The van der Waals surface area contributed by atoms with Crippen molar-refractivity contribution in [2.75, 3.05) is 14.2 Å². The van der Waals surface area contributed by atoms with Gasteiger partial charge < -0.3 is 14.6 Å². The van der Waals surface area contributed by atoms with Crippen LogP contribution in [0, 0.1) is 0 Å². The first-order chi connectivity index (χ1) is 8.72. The van der Waals surface area contributed by atoms with E-state index >= 15 is 0 Å². The number of carboxylic acid groups (broad SMARTS) is 1. The van der Waals surface area contributed by atoms with E-state index in [9.17, 15) is 9.18 Å². The first kappa shape index (κ1) is 15.3. The Balaban J connectivity index is 3.50. The molecule has 0 aliphatic rings. The number of aliphatic carboxylic acids is 1. The van der Waals surface area contributed by atoms with E-state index < -0.39 is 17.6 Å². The number of benzene rings is 1. The lowest BCUT2D eigenvalue weighted by Gasteiger charge is -2.22. The van der Waals surface area contributed by atoms with Gasteiger partial charge in [-0.1, -0.05) is 0 Å². The minimum Gasteiger partial charge on any atom is -0.496 e. The van der Waals surface area contributed by atoms with Crippen LogP contribution in [0.3, 0.4) is 0 Å². The minimum atomic E-state index is -1.63. The summed E-state index contributed by atoms with van der Waals surface area (Å²) in [4.78, 5) is 11.1. The van der Waals surface area contributed by atoms with Crippen LogP contribution in [0.15, 0.2) is 12.1 Å². The van der Waals surface area contributed by atoms with E-state index in [0.29, 0.717) is 22.6 Å². The van der Waals surface area contributed by atoms with E-state index in [1.807, 2.05) is 0 Å². The second-order valence-electron chi connectivity index (χ2n) is 4.83. The first-order valence-corrected chi connectivity index (χ1v) is 5.90. The van der Waals surface area contributed by atoms with Crippen LogP contribution >= 0.6 is 0 Å². The third-order valence-corrected chi connectivity index (χ3v) is 3.03. The number of hydrogen-bond acceptors (Lipinski definition) is 3. The van der Waals surface area contributed by atoms with E-state index in [2.05, 4.69) is 0 Å². The van der Waals surface area contributed by atoms with Gasteiger partial charge in [-0.15, -0.1) is 0 Å². The number of alkyl halides is 1. The fourth-order valence-corrected chi connectivity index (χ4v) is 1.86. The molecule has 0 aliphatic carbocycles. The molecule has 0 spiro atoms. The Bertz CT molecular complexity index is 477. The molecule has 0 bridgehead atoms. The second kappa shape index (κ2) is 5.47. The molecule has 1 atom stereocenters. The van der Waals surface area contributed by atoms with Crippen LogP contribution in [0.2, 0.25) is 0 Å². The Morgan fingerprint density at radius 1 is 1.26 bits per heavy atom. The predicted molar refractivity (Wildman–Crippen MR) is 69.7 cm³/mol. The molecule has 0 saturated carbocycles. The Hall–Kier alpha value is -1.78. The third kappa shape index (κ3) is 3.16. The van der Waals surface area contributed by atoms with Crippen molar-refractivity contribution in [1.29, 1.82) is 0 Å². The van der Waals surface area contributed by atoms with Gasteiger partial charge in [0.25, 0.3) is 0 Å². The molecule has 0 aromatic heterocycles. The molecule has 1 N–H and O–H groups in total. The number of methoxy groups -OCH3 is 2. The summed E-state index contributed by atoms with van der Waals surface area (Å²) in [5, 5.41) is 9.10. The maximum Gasteiger partial charge on any atom is 0.310 e. The highest BCUT2D eigenvalue weighted by Gasteiger charge is 2.28. The van der Waals surface area contributed by atoms with Crippen molar-refractivity contribution in [3.8, 4) is 11.5 Å². The van der Waals surface area contributed by atoms with Crippen LogP contribution in [-0.4, -0.2) is 25.3 Å². The molecule has 0 fully saturated rings. The van der Waals surface area contributed by atoms with Crippen molar-refractivity contribution in [1.82, 2.24) is 0 Å². The van der Waals surface area contributed by atoms with E-state index in [1.165, 1.54) is 47.1 Å². The van der Waals surface area contributed by atoms with Gasteiger partial charge in [0.2, 0.25) is 0 Å². The molecule has 1 aromatic rings. The number of carboxylic acids is 1. The van der Waals surface area contributed by atoms with Crippen LogP contribution < -0.4 is 9.47 Å². The summed E-state index contributed by atoms with van der Waals surface area (Å²) in [6.07, 6.45) is 0. The average molecular weight is 270 g/mol. The SMILES string of the molecule is COc1cc(OC)c(C(C)(C)F)cc1C(C)C(=O)O. The van der Waals surface area contributed by atoms with E-state index in [-0.39, 0.29) is 0 Å². The fraction of sp³-hybridized carbons (Fsp3) is 0.500. The number of ether oxygens (including phenoxy) is 2. The van der Waals surface area contributed by atoms with E-state index in [4.69, 9.17) is 14.6 Å². The Morgan fingerprint density at radius 2 is 1.79 bits per heavy atom. The molecular weight excluding hydrogens is 251 g/mol. The molecule has 1 aromatic carbocycles. The third-order valence-electron chi connectivity index (χ3n) is 3.03. The molecule has 0 amide bonds. The van der Waals surface area contributed by atoms with Crippen molar-refractivity contribution < 1.29 is 23.8 Å². The van der Waals surface area contributed by atoms with Crippen LogP contribution in [0.1, 0.15) is 37.8 Å². The molecular formula is C14H19FO4. The summed E-state index contributed by atoms with van der Waals surface area (Å²) >= 11 is 0. The molecule has 106 valence electrons. The van der Waals surface area contributed by atoms with E-state index in [0.717, 1.165) is 0 Å². The summed E-state index contributed by atoms with van der Waals surface area (Å²) in [5.41, 5.74) is -0.902. The van der Waals surface area contributed by atoms with Gasteiger partial charge in [0.1, 0.15) is 17.2 Å². The van der Waals surface area contributed by atoms with Gasteiger partial charge in [0, 0.05) is 17.2 Å². The zero-order valence-corrected chi connectivity index (χ0v) is 11.8. The lowest BCUT2D eigenvalue weighted by Crippen LogP contribution is -2.15. The highest BCUT2D eigenvalue weighted by Crippen LogP contribution is 2.40. The minimum absolute atomic E-state index is 0.305. The van der Waals surface area contributed by atoms with Crippen molar-refractivity contribution in [2.24, 2.45) is 0 Å². The average Bonchev–Trinajstić information content (AvgIpc) is 2.34.